The van der Waals surface area contributed by atoms with Crippen molar-refractivity contribution in [3.63, 3.8) is 0 Å². The molecule has 0 amide bonds. The van der Waals surface area contributed by atoms with Gasteiger partial charge in [0.15, 0.2) is 8.32 Å². The second-order valence-corrected chi connectivity index (χ2v) is 14.1. The first-order chi connectivity index (χ1) is 11.6. The van der Waals surface area contributed by atoms with Gasteiger partial charge in [-0.1, -0.05) is 40.7 Å². The molecule has 0 aromatic rings. The topological polar surface area (TPSA) is 38.7 Å². The molecule has 144 valence electrons. The maximum atomic E-state index is 10.9. The van der Waals surface area contributed by atoms with Crippen LogP contribution in [0.15, 0.2) is 11.6 Å². The first-order valence-corrected chi connectivity index (χ1v) is 12.9. The summed E-state index contributed by atoms with van der Waals surface area (Å²) in [5.41, 5.74) is 0.473. The van der Waals surface area contributed by atoms with Gasteiger partial charge in [-0.05, 0) is 56.3 Å². The number of aliphatic hydroxyl groups excluding tert-OH is 1. The summed E-state index contributed by atoms with van der Waals surface area (Å²) in [4.78, 5) is 0. The van der Waals surface area contributed by atoms with Gasteiger partial charge in [0.1, 0.15) is 0 Å². The Morgan fingerprint density at radius 1 is 1.24 bits per heavy atom. The molecule has 1 saturated carbocycles. The monoisotopic (exact) mass is 366 g/mol. The predicted octanol–water partition coefficient (Wildman–Crippen LogP) is 5.05. The minimum Gasteiger partial charge on any atom is -0.408 e. The van der Waals surface area contributed by atoms with Crippen LogP contribution in [0.3, 0.4) is 0 Å². The van der Waals surface area contributed by atoms with Gasteiger partial charge >= 0.3 is 0 Å². The molecular weight excluding hydrogens is 328 g/mol. The molecule has 25 heavy (non-hydrogen) atoms. The highest BCUT2D eigenvalue weighted by Crippen LogP contribution is 2.60. The lowest BCUT2D eigenvalue weighted by atomic mass is 9.78. The molecule has 0 radical (unpaired) electrons. The van der Waals surface area contributed by atoms with E-state index in [2.05, 4.69) is 54.5 Å². The molecule has 1 N–H and O–H groups in total. The van der Waals surface area contributed by atoms with Crippen molar-refractivity contribution in [2.45, 2.75) is 109 Å². The van der Waals surface area contributed by atoms with Crippen molar-refractivity contribution in [3.8, 4) is 0 Å². The lowest BCUT2D eigenvalue weighted by Gasteiger charge is -2.47. The summed E-state index contributed by atoms with van der Waals surface area (Å²) in [6.45, 7) is 15.8. The molecular formula is C21H38O3Si. The highest BCUT2D eigenvalue weighted by molar-refractivity contribution is 6.73. The Hall–Kier alpha value is -0.163. The van der Waals surface area contributed by atoms with E-state index in [0.717, 1.165) is 19.3 Å². The molecule has 2 fully saturated rings. The molecule has 0 spiro atoms. The van der Waals surface area contributed by atoms with Gasteiger partial charge in [-0.3, -0.25) is 0 Å². The Bertz CT molecular complexity index is 547. The number of rotatable bonds is 6. The Balaban J connectivity index is 2.03. The second-order valence-electron chi connectivity index (χ2n) is 9.38. The van der Waals surface area contributed by atoms with Gasteiger partial charge in [0.25, 0.3) is 0 Å². The smallest absolute Gasteiger partial charge is 0.193 e. The van der Waals surface area contributed by atoms with Gasteiger partial charge in [-0.25, -0.2) is 0 Å². The van der Waals surface area contributed by atoms with E-state index in [1.165, 1.54) is 23.7 Å². The van der Waals surface area contributed by atoms with Crippen LogP contribution in [0, 0.1) is 11.8 Å². The lowest BCUT2D eigenvalue weighted by molar-refractivity contribution is -0.145. The molecule has 4 heteroatoms. The number of ether oxygens (including phenoxy) is 1. The number of aliphatic hydroxyl groups is 1. The summed E-state index contributed by atoms with van der Waals surface area (Å²) >= 11 is 0. The van der Waals surface area contributed by atoms with Crippen LogP contribution in [0.2, 0.25) is 18.1 Å². The fourth-order valence-electron chi connectivity index (χ4n) is 5.69. The van der Waals surface area contributed by atoms with Crippen molar-refractivity contribution < 1.29 is 14.3 Å². The molecule has 2 aliphatic heterocycles. The normalized spacial score (nSPS) is 43.5. The molecule has 0 unspecified atom stereocenters. The average molecular weight is 367 g/mol. The zero-order chi connectivity index (χ0) is 18.7. The van der Waals surface area contributed by atoms with E-state index in [4.69, 9.17) is 9.16 Å². The van der Waals surface area contributed by atoms with Gasteiger partial charge in [0.2, 0.25) is 0 Å². The van der Waals surface area contributed by atoms with E-state index in [1.54, 1.807) is 0 Å². The lowest BCUT2D eigenvalue weighted by Crippen LogP contribution is -2.52. The summed E-state index contributed by atoms with van der Waals surface area (Å²) in [7, 11) is -1.69. The summed E-state index contributed by atoms with van der Waals surface area (Å²) in [5, 5.41) is 10.9. The van der Waals surface area contributed by atoms with Crippen molar-refractivity contribution in [3.05, 3.63) is 11.6 Å². The molecule has 2 bridgehead atoms. The summed E-state index contributed by atoms with van der Waals surface area (Å²) < 4.78 is 13.7. The van der Waals surface area contributed by atoms with Crippen molar-refractivity contribution >= 4 is 8.32 Å². The molecule has 0 aromatic heterocycles. The maximum Gasteiger partial charge on any atom is 0.193 e. The van der Waals surface area contributed by atoms with E-state index < -0.39 is 13.9 Å². The van der Waals surface area contributed by atoms with Crippen LogP contribution in [0.25, 0.3) is 0 Å². The molecule has 5 atom stereocenters. The van der Waals surface area contributed by atoms with Crippen LogP contribution in [-0.2, 0) is 9.16 Å². The predicted molar refractivity (Wildman–Crippen MR) is 105 cm³/mol. The summed E-state index contributed by atoms with van der Waals surface area (Å²) in [6.07, 6.45) is 4.83. The van der Waals surface area contributed by atoms with E-state index in [0.29, 0.717) is 11.8 Å². The van der Waals surface area contributed by atoms with Crippen molar-refractivity contribution in [2.75, 3.05) is 0 Å². The highest BCUT2D eigenvalue weighted by Gasteiger charge is 2.64. The van der Waals surface area contributed by atoms with Crippen LogP contribution in [-0.4, -0.2) is 36.3 Å². The third-order valence-corrected chi connectivity index (χ3v) is 12.7. The summed E-state index contributed by atoms with van der Waals surface area (Å²) in [6, 6.07) is 3.54. The molecule has 1 saturated heterocycles. The maximum absolute atomic E-state index is 10.9. The minimum atomic E-state index is -1.69. The largest absolute Gasteiger partial charge is 0.408 e. The zero-order valence-corrected chi connectivity index (χ0v) is 18.3. The number of hydrogen-bond acceptors (Lipinski definition) is 3. The third-order valence-electron chi connectivity index (χ3n) is 7.92. The fourth-order valence-corrected chi connectivity index (χ4v) is 8.80. The average Bonchev–Trinajstić information content (AvgIpc) is 3.00. The molecule has 0 aromatic carbocycles. The van der Waals surface area contributed by atoms with Gasteiger partial charge in [-0.2, -0.15) is 0 Å². The van der Waals surface area contributed by atoms with Gasteiger partial charge in [-0.15, -0.1) is 0 Å². The van der Waals surface area contributed by atoms with Gasteiger partial charge < -0.3 is 14.3 Å². The Labute approximate surface area is 155 Å². The van der Waals surface area contributed by atoms with Gasteiger partial charge in [0.05, 0.1) is 22.9 Å². The molecule has 3 aliphatic rings. The fraction of sp³-hybridized carbons (Fsp3) is 0.905. The van der Waals surface area contributed by atoms with Crippen molar-refractivity contribution in [2.24, 2.45) is 11.8 Å². The standard InChI is InChI=1S/C21H38O3Si/c1-8-25(9-2,10-3)24-19(6)12-11-16-17(19)13-21(15(4)5)14-18(22)20(16,7)23-21/h13,15-16,18,22H,8-12,14H2,1-7H3/t16-,18-,19+,20+,21-/m1/s1. The first kappa shape index (κ1) is 19.6. The van der Waals surface area contributed by atoms with E-state index in [9.17, 15) is 5.11 Å². The van der Waals surface area contributed by atoms with Crippen LogP contribution < -0.4 is 0 Å². The second kappa shape index (κ2) is 6.18. The zero-order valence-electron chi connectivity index (χ0n) is 17.3. The Morgan fingerprint density at radius 2 is 1.84 bits per heavy atom. The van der Waals surface area contributed by atoms with Crippen LogP contribution in [0.1, 0.15) is 67.7 Å². The third kappa shape index (κ3) is 2.70. The van der Waals surface area contributed by atoms with Crippen molar-refractivity contribution in [1.82, 2.24) is 0 Å². The van der Waals surface area contributed by atoms with Gasteiger partial charge in [0, 0.05) is 12.3 Å². The van der Waals surface area contributed by atoms with E-state index in [1.807, 2.05) is 0 Å². The highest BCUT2D eigenvalue weighted by atomic mass is 28.4. The van der Waals surface area contributed by atoms with Crippen LogP contribution in [0.5, 0.6) is 0 Å². The number of fused-ring (bicyclic) bond motifs is 4. The molecule has 3 nitrogen and oxygen atoms in total. The molecule has 3 rings (SSSR count). The van der Waals surface area contributed by atoms with E-state index >= 15 is 0 Å². The van der Waals surface area contributed by atoms with Crippen LogP contribution >= 0.6 is 0 Å². The van der Waals surface area contributed by atoms with Crippen LogP contribution in [0.4, 0.5) is 0 Å². The quantitative estimate of drug-likeness (QED) is 0.528. The molecule has 2 heterocycles. The number of hydrogen-bond donors (Lipinski definition) is 1. The Kier molecular flexibility index (Phi) is 4.85. The summed E-state index contributed by atoms with van der Waals surface area (Å²) in [5.74, 6) is 0.645. The van der Waals surface area contributed by atoms with Crippen molar-refractivity contribution in [1.29, 1.82) is 0 Å². The van der Waals surface area contributed by atoms with E-state index in [-0.39, 0.29) is 17.3 Å². The Morgan fingerprint density at radius 3 is 2.36 bits per heavy atom. The first-order valence-electron chi connectivity index (χ1n) is 10.4. The SMILES string of the molecule is CC[Si](CC)(CC)O[C@@]1(C)CC[C@@H]2C1=C[C@]1(C(C)C)C[C@@H](O)[C@@]2(C)O1. The minimum absolute atomic E-state index is 0.172. The molecule has 1 aliphatic carbocycles.